The van der Waals surface area contributed by atoms with Gasteiger partial charge in [0.05, 0.1) is 5.69 Å². The summed E-state index contributed by atoms with van der Waals surface area (Å²) in [6, 6.07) is 12.8. The van der Waals surface area contributed by atoms with Gasteiger partial charge in [-0.1, -0.05) is 63.8 Å². The van der Waals surface area contributed by atoms with Gasteiger partial charge >= 0.3 is 0 Å². The molecule has 0 spiro atoms. The third-order valence-corrected chi connectivity index (χ3v) is 4.83. The zero-order valence-corrected chi connectivity index (χ0v) is 16.5. The van der Waals surface area contributed by atoms with Crippen LogP contribution in [0.3, 0.4) is 0 Å². The number of hydrogen-bond acceptors (Lipinski definition) is 3. The Kier molecular flexibility index (Phi) is 7.09. The molecule has 3 rings (SSSR count). The lowest BCUT2D eigenvalue weighted by atomic mass is 10.1. The molecular weight excluding hydrogens is 330 g/mol. The first kappa shape index (κ1) is 19.2. The van der Waals surface area contributed by atoms with E-state index in [1.807, 2.05) is 24.7 Å². The van der Waals surface area contributed by atoms with Gasteiger partial charge < -0.3 is 0 Å². The molecule has 2 aromatic heterocycles. The van der Waals surface area contributed by atoms with E-state index < -0.39 is 0 Å². The molecule has 0 saturated carbocycles. The van der Waals surface area contributed by atoms with E-state index in [-0.39, 0.29) is 0 Å². The average Bonchev–Trinajstić information content (AvgIpc) is 2.73. The Morgan fingerprint density at radius 2 is 1.33 bits per heavy atom. The molecule has 27 heavy (non-hydrogen) atoms. The lowest BCUT2D eigenvalue weighted by Crippen LogP contribution is -1.94. The summed E-state index contributed by atoms with van der Waals surface area (Å²) < 4.78 is 0. The predicted molar refractivity (Wildman–Crippen MR) is 113 cm³/mol. The van der Waals surface area contributed by atoms with Crippen molar-refractivity contribution < 1.29 is 0 Å². The van der Waals surface area contributed by atoms with Crippen molar-refractivity contribution >= 4 is 0 Å². The number of aromatic nitrogens is 3. The molecule has 1 aromatic carbocycles. The third-order valence-electron chi connectivity index (χ3n) is 4.83. The van der Waals surface area contributed by atoms with Crippen molar-refractivity contribution in [2.45, 2.75) is 58.8 Å². The summed E-state index contributed by atoms with van der Waals surface area (Å²) in [4.78, 5) is 13.7. The summed E-state index contributed by atoms with van der Waals surface area (Å²) in [6.45, 7) is 4.44. The fourth-order valence-corrected chi connectivity index (χ4v) is 3.22. The molecule has 0 fully saturated rings. The molecule has 0 radical (unpaired) electrons. The lowest BCUT2D eigenvalue weighted by Gasteiger charge is -2.05. The minimum absolute atomic E-state index is 0.740. The van der Waals surface area contributed by atoms with E-state index in [0.717, 1.165) is 35.5 Å². The Bertz CT molecular complexity index is 806. The van der Waals surface area contributed by atoms with Gasteiger partial charge in [-0.25, -0.2) is 9.97 Å². The minimum Gasteiger partial charge on any atom is -0.255 e. The molecule has 0 N–H and O–H groups in total. The van der Waals surface area contributed by atoms with Crippen LogP contribution < -0.4 is 0 Å². The van der Waals surface area contributed by atoms with Gasteiger partial charge in [0.15, 0.2) is 5.82 Å². The van der Waals surface area contributed by atoms with Crippen molar-refractivity contribution in [3.63, 3.8) is 0 Å². The molecule has 2 heterocycles. The van der Waals surface area contributed by atoms with E-state index in [0.29, 0.717) is 0 Å². The summed E-state index contributed by atoms with van der Waals surface area (Å²) in [5.74, 6) is 0.740. The third kappa shape index (κ3) is 5.46. The highest BCUT2D eigenvalue weighted by Crippen LogP contribution is 2.21. The van der Waals surface area contributed by atoms with Crippen molar-refractivity contribution in [1.82, 2.24) is 15.0 Å². The number of unbranched alkanes of at least 4 members (excludes halogenated alkanes) is 3. The van der Waals surface area contributed by atoms with E-state index in [2.05, 4.69) is 59.1 Å². The van der Waals surface area contributed by atoms with Crippen molar-refractivity contribution in [2.24, 2.45) is 0 Å². The second-order valence-electron chi connectivity index (χ2n) is 7.10. The minimum atomic E-state index is 0.740. The molecular formula is C24H29N3. The van der Waals surface area contributed by atoms with Crippen LogP contribution in [0, 0.1) is 0 Å². The second kappa shape index (κ2) is 9.96. The summed E-state index contributed by atoms with van der Waals surface area (Å²) in [7, 11) is 0. The largest absolute Gasteiger partial charge is 0.255 e. The van der Waals surface area contributed by atoms with Crippen LogP contribution in [0.5, 0.6) is 0 Å². The molecule has 0 aliphatic heterocycles. The fraction of sp³-hybridized carbons (Fsp3) is 0.375. The number of hydrogen-bond donors (Lipinski definition) is 0. The molecule has 0 saturated heterocycles. The fourth-order valence-electron chi connectivity index (χ4n) is 3.22. The quantitative estimate of drug-likeness (QED) is 0.422. The Morgan fingerprint density at radius 3 is 1.96 bits per heavy atom. The summed E-state index contributed by atoms with van der Waals surface area (Å²) in [5, 5.41) is 0. The van der Waals surface area contributed by atoms with Crippen molar-refractivity contribution in [1.29, 1.82) is 0 Å². The lowest BCUT2D eigenvalue weighted by molar-refractivity contribution is 0.665. The zero-order valence-electron chi connectivity index (χ0n) is 16.5. The molecule has 0 aliphatic rings. The molecule has 3 nitrogen and oxygen atoms in total. The SMILES string of the molecule is CCCCCCc1cnc(-c2ccc(-c3ccc(CCC)cc3)nc2)nc1. The Labute approximate surface area is 162 Å². The molecule has 3 heteroatoms. The summed E-state index contributed by atoms with van der Waals surface area (Å²) in [6.07, 6.45) is 14.2. The maximum atomic E-state index is 4.61. The number of pyridine rings is 1. The van der Waals surface area contributed by atoms with Crippen LogP contribution in [0.2, 0.25) is 0 Å². The first-order valence-corrected chi connectivity index (χ1v) is 10.2. The highest BCUT2D eigenvalue weighted by Gasteiger charge is 2.05. The van der Waals surface area contributed by atoms with Crippen molar-refractivity contribution in [2.75, 3.05) is 0 Å². The maximum Gasteiger partial charge on any atom is 0.160 e. The topological polar surface area (TPSA) is 38.7 Å². The van der Waals surface area contributed by atoms with E-state index in [4.69, 9.17) is 0 Å². The van der Waals surface area contributed by atoms with Crippen LogP contribution in [-0.2, 0) is 12.8 Å². The van der Waals surface area contributed by atoms with E-state index >= 15 is 0 Å². The Hall–Kier alpha value is -2.55. The monoisotopic (exact) mass is 359 g/mol. The smallest absolute Gasteiger partial charge is 0.160 e. The highest BCUT2D eigenvalue weighted by molar-refractivity contribution is 5.63. The summed E-state index contributed by atoms with van der Waals surface area (Å²) >= 11 is 0. The normalized spacial score (nSPS) is 10.9. The average molecular weight is 360 g/mol. The number of rotatable bonds is 9. The first-order valence-electron chi connectivity index (χ1n) is 10.2. The van der Waals surface area contributed by atoms with Gasteiger partial charge in [0.2, 0.25) is 0 Å². The molecule has 0 aliphatic carbocycles. The number of aryl methyl sites for hydroxylation is 2. The van der Waals surface area contributed by atoms with Crippen molar-refractivity contribution in [3.8, 4) is 22.6 Å². The van der Waals surface area contributed by atoms with Crippen molar-refractivity contribution in [3.05, 3.63) is 66.1 Å². The molecule has 140 valence electrons. The molecule has 0 atom stereocenters. The maximum absolute atomic E-state index is 4.61. The standard InChI is InChI=1S/C24H29N3/c1-3-5-6-7-9-20-16-26-24(27-17-20)22-14-15-23(25-18-22)21-12-10-19(8-4-2)11-13-21/h10-18H,3-9H2,1-2H3. The van der Waals surface area contributed by atoms with Crippen LogP contribution in [0.25, 0.3) is 22.6 Å². The van der Waals surface area contributed by atoms with E-state index in [1.54, 1.807) is 0 Å². The Balaban J connectivity index is 1.64. The van der Waals surface area contributed by atoms with Crippen LogP contribution in [0.1, 0.15) is 57.1 Å². The van der Waals surface area contributed by atoms with E-state index in [1.165, 1.54) is 43.2 Å². The van der Waals surface area contributed by atoms with Gasteiger partial charge in [-0.05, 0) is 42.5 Å². The van der Waals surface area contributed by atoms with Gasteiger partial charge in [-0.2, -0.15) is 0 Å². The second-order valence-corrected chi connectivity index (χ2v) is 7.10. The first-order chi connectivity index (χ1) is 13.3. The van der Waals surface area contributed by atoms with Crippen LogP contribution >= 0.6 is 0 Å². The highest BCUT2D eigenvalue weighted by atomic mass is 14.9. The van der Waals surface area contributed by atoms with Gasteiger partial charge in [0, 0.05) is 29.7 Å². The molecule has 3 aromatic rings. The van der Waals surface area contributed by atoms with Gasteiger partial charge in [-0.3, -0.25) is 4.98 Å². The van der Waals surface area contributed by atoms with Crippen LogP contribution in [0.4, 0.5) is 0 Å². The molecule has 0 unspecified atom stereocenters. The zero-order chi connectivity index (χ0) is 18.9. The molecule has 0 bridgehead atoms. The molecule has 0 amide bonds. The number of nitrogens with zero attached hydrogens (tertiary/aromatic N) is 3. The Morgan fingerprint density at radius 1 is 0.593 bits per heavy atom. The van der Waals surface area contributed by atoms with E-state index in [9.17, 15) is 0 Å². The van der Waals surface area contributed by atoms with Gasteiger partial charge in [-0.15, -0.1) is 0 Å². The van der Waals surface area contributed by atoms with Crippen LogP contribution in [-0.4, -0.2) is 15.0 Å². The predicted octanol–water partition coefficient (Wildman–Crippen LogP) is 6.28. The van der Waals surface area contributed by atoms with Gasteiger partial charge in [0.1, 0.15) is 0 Å². The number of benzene rings is 1. The summed E-state index contributed by atoms with van der Waals surface area (Å²) in [5.41, 5.74) is 5.67. The van der Waals surface area contributed by atoms with Crippen LogP contribution in [0.15, 0.2) is 55.0 Å². The van der Waals surface area contributed by atoms with Gasteiger partial charge in [0.25, 0.3) is 0 Å².